The average molecular weight is 268 g/mol. The first-order valence-corrected chi connectivity index (χ1v) is 6.32. The summed E-state index contributed by atoms with van der Waals surface area (Å²) in [4.78, 5) is 7.21. The Morgan fingerprint density at radius 2 is 2.00 bits per heavy atom. The monoisotopic (exact) mass is 268 g/mol. The molecule has 0 saturated carbocycles. The molecule has 0 saturated heterocycles. The standard InChI is InChI=1S/C10H9FN4O2S/c11-8-2-1-5-13-10(8)18(16,17)15-7-3-4-9(12)14-6-7/h1-6,15H,(H2,12,14). The molecule has 0 aromatic carbocycles. The highest BCUT2D eigenvalue weighted by atomic mass is 32.2. The van der Waals surface area contributed by atoms with E-state index < -0.39 is 20.9 Å². The second kappa shape index (κ2) is 4.57. The minimum Gasteiger partial charge on any atom is -0.384 e. The van der Waals surface area contributed by atoms with Crippen molar-refractivity contribution in [3.05, 3.63) is 42.5 Å². The van der Waals surface area contributed by atoms with Crippen LogP contribution in [0, 0.1) is 5.82 Å². The van der Waals surface area contributed by atoms with Crippen LogP contribution in [0.4, 0.5) is 15.9 Å². The molecule has 3 N–H and O–H groups in total. The molecule has 6 nitrogen and oxygen atoms in total. The number of hydrogen-bond donors (Lipinski definition) is 2. The first-order chi connectivity index (χ1) is 8.49. The molecule has 8 heteroatoms. The third-order valence-electron chi connectivity index (χ3n) is 2.02. The predicted molar refractivity (Wildman–Crippen MR) is 63.7 cm³/mol. The van der Waals surface area contributed by atoms with Crippen LogP contribution < -0.4 is 10.5 Å². The van der Waals surface area contributed by atoms with Gasteiger partial charge in [-0.15, -0.1) is 0 Å². The topological polar surface area (TPSA) is 98.0 Å². The zero-order valence-corrected chi connectivity index (χ0v) is 9.86. The van der Waals surface area contributed by atoms with Gasteiger partial charge in [0.15, 0.2) is 5.82 Å². The molecule has 0 spiro atoms. The Hall–Kier alpha value is -2.22. The second-order valence-corrected chi connectivity index (χ2v) is 4.97. The Bertz CT molecular complexity index is 658. The summed E-state index contributed by atoms with van der Waals surface area (Å²) >= 11 is 0. The molecular weight excluding hydrogens is 259 g/mol. The minimum atomic E-state index is -4.07. The molecule has 0 fully saturated rings. The van der Waals surface area contributed by atoms with Gasteiger partial charge in [0.25, 0.3) is 10.0 Å². The van der Waals surface area contributed by atoms with Crippen molar-refractivity contribution in [2.75, 3.05) is 10.5 Å². The Morgan fingerprint density at radius 1 is 1.22 bits per heavy atom. The number of sulfonamides is 1. The summed E-state index contributed by atoms with van der Waals surface area (Å²) in [6.07, 6.45) is 2.42. The number of anilines is 2. The maximum atomic E-state index is 13.3. The third kappa shape index (κ3) is 2.54. The van der Waals surface area contributed by atoms with Crippen LogP contribution in [0.15, 0.2) is 41.7 Å². The molecule has 18 heavy (non-hydrogen) atoms. The number of nitrogens with two attached hydrogens (primary N) is 1. The maximum Gasteiger partial charge on any atom is 0.282 e. The third-order valence-corrected chi connectivity index (χ3v) is 3.33. The van der Waals surface area contributed by atoms with E-state index in [1.54, 1.807) is 0 Å². The number of rotatable bonds is 3. The van der Waals surface area contributed by atoms with Crippen molar-refractivity contribution in [3.63, 3.8) is 0 Å². The lowest BCUT2D eigenvalue weighted by atomic mass is 10.4. The first-order valence-electron chi connectivity index (χ1n) is 4.84. The SMILES string of the molecule is Nc1ccc(NS(=O)(=O)c2ncccc2F)cn1. The van der Waals surface area contributed by atoms with Crippen LogP contribution in [-0.4, -0.2) is 18.4 Å². The van der Waals surface area contributed by atoms with Gasteiger partial charge in [0, 0.05) is 6.20 Å². The summed E-state index contributed by atoms with van der Waals surface area (Å²) in [6, 6.07) is 5.16. The molecule has 0 aliphatic heterocycles. The van der Waals surface area contributed by atoms with Crippen LogP contribution in [-0.2, 0) is 10.0 Å². The summed E-state index contributed by atoms with van der Waals surface area (Å²) < 4.78 is 39.2. The highest BCUT2D eigenvalue weighted by Gasteiger charge is 2.20. The van der Waals surface area contributed by atoms with E-state index in [1.165, 1.54) is 30.6 Å². The smallest absolute Gasteiger partial charge is 0.282 e. The van der Waals surface area contributed by atoms with Crippen LogP contribution in [0.5, 0.6) is 0 Å². The van der Waals surface area contributed by atoms with Gasteiger partial charge in [-0.2, -0.15) is 8.42 Å². The lowest BCUT2D eigenvalue weighted by molar-refractivity contribution is 0.557. The molecule has 0 atom stereocenters. The summed E-state index contributed by atoms with van der Waals surface area (Å²) in [5.74, 6) is -0.671. The fraction of sp³-hybridized carbons (Fsp3) is 0. The minimum absolute atomic E-state index is 0.175. The molecule has 0 bridgehead atoms. The normalized spacial score (nSPS) is 11.2. The fourth-order valence-electron chi connectivity index (χ4n) is 1.24. The lowest BCUT2D eigenvalue weighted by Crippen LogP contribution is -2.16. The van der Waals surface area contributed by atoms with E-state index in [2.05, 4.69) is 14.7 Å². The maximum absolute atomic E-state index is 13.3. The van der Waals surface area contributed by atoms with Gasteiger partial charge in [-0.25, -0.2) is 14.4 Å². The van der Waals surface area contributed by atoms with Crippen molar-refractivity contribution < 1.29 is 12.8 Å². The molecular formula is C10H9FN4O2S. The van der Waals surface area contributed by atoms with E-state index in [0.29, 0.717) is 0 Å². The fourth-order valence-corrected chi connectivity index (χ4v) is 2.29. The number of aromatic nitrogens is 2. The number of halogens is 1. The summed E-state index contributed by atoms with van der Waals surface area (Å²) in [6.45, 7) is 0. The molecule has 0 unspecified atom stereocenters. The van der Waals surface area contributed by atoms with Crippen LogP contribution in [0.25, 0.3) is 0 Å². The number of nitrogen functional groups attached to an aromatic ring is 1. The quantitative estimate of drug-likeness (QED) is 0.865. The predicted octanol–water partition coefficient (Wildman–Crippen LogP) is 0.999. The van der Waals surface area contributed by atoms with Gasteiger partial charge in [0.2, 0.25) is 5.03 Å². The van der Waals surface area contributed by atoms with Crippen molar-refractivity contribution in [2.24, 2.45) is 0 Å². The molecule has 0 aliphatic carbocycles. The Balaban J connectivity index is 2.33. The van der Waals surface area contributed by atoms with Gasteiger partial charge < -0.3 is 5.73 Å². The largest absolute Gasteiger partial charge is 0.384 e. The lowest BCUT2D eigenvalue weighted by Gasteiger charge is -2.07. The van der Waals surface area contributed by atoms with Crippen molar-refractivity contribution in [2.45, 2.75) is 5.03 Å². The van der Waals surface area contributed by atoms with Gasteiger partial charge in [-0.05, 0) is 24.3 Å². The van der Waals surface area contributed by atoms with E-state index in [1.807, 2.05) is 0 Å². The molecule has 0 radical (unpaired) electrons. The van der Waals surface area contributed by atoms with Crippen molar-refractivity contribution >= 4 is 21.5 Å². The molecule has 0 aliphatic rings. The zero-order valence-electron chi connectivity index (χ0n) is 9.04. The Labute approximate surface area is 103 Å². The highest BCUT2D eigenvalue weighted by Crippen LogP contribution is 2.16. The molecule has 2 aromatic heterocycles. The van der Waals surface area contributed by atoms with Crippen LogP contribution in [0.3, 0.4) is 0 Å². The van der Waals surface area contributed by atoms with Gasteiger partial charge in [0.1, 0.15) is 5.82 Å². The zero-order chi connectivity index (χ0) is 13.2. The van der Waals surface area contributed by atoms with Crippen molar-refractivity contribution in [3.8, 4) is 0 Å². The summed E-state index contributed by atoms with van der Waals surface area (Å²) in [5.41, 5.74) is 5.54. The van der Waals surface area contributed by atoms with Crippen LogP contribution in [0.2, 0.25) is 0 Å². The van der Waals surface area contributed by atoms with E-state index in [9.17, 15) is 12.8 Å². The van der Waals surface area contributed by atoms with Gasteiger partial charge in [-0.1, -0.05) is 0 Å². The summed E-state index contributed by atoms with van der Waals surface area (Å²) in [5, 5.41) is -0.665. The van der Waals surface area contributed by atoms with Crippen LogP contribution in [0.1, 0.15) is 0 Å². The van der Waals surface area contributed by atoms with E-state index in [4.69, 9.17) is 5.73 Å². The Kier molecular flexibility index (Phi) is 3.11. The molecule has 2 rings (SSSR count). The van der Waals surface area contributed by atoms with Gasteiger partial charge in [0.05, 0.1) is 11.9 Å². The molecule has 2 heterocycles. The number of pyridine rings is 2. The molecule has 94 valence electrons. The average Bonchev–Trinajstić information content (AvgIpc) is 2.32. The second-order valence-electron chi connectivity index (χ2n) is 3.37. The summed E-state index contributed by atoms with van der Waals surface area (Å²) in [7, 11) is -4.07. The highest BCUT2D eigenvalue weighted by molar-refractivity contribution is 7.92. The van der Waals surface area contributed by atoms with E-state index in [-0.39, 0.29) is 11.5 Å². The number of nitrogens with zero attached hydrogens (tertiary/aromatic N) is 2. The first kappa shape index (κ1) is 12.2. The number of hydrogen-bond acceptors (Lipinski definition) is 5. The van der Waals surface area contributed by atoms with Crippen molar-refractivity contribution in [1.29, 1.82) is 0 Å². The molecule has 0 amide bonds. The van der Waals surface area contributed by atoms with Crippen LogP contribution >= 0.6 is 0 Å². The van der Waals surface area contributed by atoms with Gasteiger partial charge in [-0.3, -0.25) is 4.72 Å². The van der Waals surface area contributed by atoms with Crippen molar-refractivity contribution in [1.82, 2.24) is 9.97 Å². The van der Waals surface area contributed by atoms with E-state index >= 15 is 0 Å². The number of nitrogens with one attached hydrogen (secondary N) is 1. The Morgan fingerprint density at radius 3 is 2.61 bits per heavy atom. The van der Waals surface area contributed by atoms with E-state index in [0.717, 1.165) is 6.07 Å². The molecule has 2 aromatic rings. The van der Waals surface area contributed by atoms with Gasteiger partial charge >= 0.3 is 0 Å².